The molecule has 0 saturated carbocycles. The fraction of sp³-hybridized carbons (Fsp3) is 0.500. The van der Waals surface area contributed by atoms with Crippen molar-refractivity contribution >= 4 is 39.7 Å². The lowest BCUT2D eigenvalue weighted by Gasteiger charge is -2.13. The first-order chi connectivity index (χ1) is 9.83. The minimum absolute atomic E-state index is 0. The smallest absolute Gasteiger partial charge is 0.229 e. The van der Waals surface area contributed by atoms with Gasteiger partial charge in [-0.05, 0) is 44.0 Å². The quantitative estimate of drug-likeness (QED) is 0.758. The number of hydrogen-bond donors (Lipinski definition) is 3. The molecule has 0 radical (unpaired) electrons. The van der Waals surface area contributed by atoms with Gasteiger partial charge in [0, 0.05) is 18.2 Å². The summed E-state index contributed by atoms with van der Waals surface area (Å²) >= 11 is 0. The lowest BCUT2D eigenvalue weighted by atomic mass is 10.1. The third-order valence-electron chi connectivity index (χ3n) is 3.41. The molecule has 1 heterocycles. The van der Waals surface area contributed by atoms with Crippen molar-refractivity contribution in [2.24, 2.45) is 0 Å². The summed E-state index contributed by atoms with van der Waals surface area (Å²) in [6.07, 6.45) is 3.65. The Balaban J connectivity index is 0.00000242. The zero-order valence-corrected chi connectivity index (χ0v) is 14.3. The molecule has 22 heavy (non-hydrogen) atoms. The Hall–Kier alpha value is -1.31. The normalized spacial score (nSPS) is 17.6. The molecule has 1 fully saturated rings. The van der Waals surface area contributed by atoms with Crippen molar-refractivity contribution in [2.75, 3.05) is 22.8 Å². The van der Waals surface area contributed by atoms with Crippen LogP contribution in [0.15, 0.2) is 18.2 Å². The molecule has 0 spiro atoms. The largest absolute Gasteiger partial charge is 0.326 e. The van der Waals surface area contributed by atoms with E-state index in [0.717, 1.165) is 31.2 Å². The Morgan fingerprint density at radius 2 is 2.14 bits per heavy atom. The lowest BCUT2D eigenvalue weighted by molar-refractivity contribution is -0.116. The number of amides is 1. The molecule has 0 aliphatic carbocycles. The summed E-state index contributed by atoms with van der Waals surface area (Å²) in [5.41, 5.74) is 1.87. The maximum absolute atomic E-state index is 12.0. The molecule has 1 aliphatic rings. The van der Waals surface area contributed by atoms with Crippen LogP contribution in [0.2, 0.25) is 0 Å². The highest BCUT2D eigenvalue weighted by atomic mass is 35.5. The number of anilines is 2. The topological polar surface area (TPSA) is 87.3 Å². The molecule has 0 bridgehead atoms. The monoisotopic (exact) mass is 347 g/mol. The number of carbonyl (C=O) groups excluding carboxylic acids is 1. The van der Waals surface area contributed by atoms with E-state index in [9.17, 15) is 13.2 Å². The van der Waals surface area contributed by atoms with Gasteiger partial charge in [-0.25, -0.2) is 8.42 Å². The summed E-state index contributed by atoms with van der Waals surface area (Å²) in [7, 11) is -3.34. The van der Waals surface area contributed by atoms with Gasteiger partial charge in [-0.2, -0.15) is 0 Å². The van der Waals surface area contributed by atoms with Crippen molar-refractivity contribution in [1.29, 1.82) is 0 Å². The number of halogens is 1. The molecule has 1 saturated heterocycles. The number of rotatable bonds is 5. The first-order valence-electron chi connectivity index (χ1n) is 6.95. The Morgan fingerprint density at radius 3 is 2.73 bits per heavy atom. The molecule has 1 atom stereocenters. The van der Waals surface area contributed by atoms with Crippen LogP contribution in [0.5, 0.6) is 0 Å². The van der Waals surface area contributed by atoms with Crippen LogP contribution in [-0.2, 0) is 14.8 Å². The number of sulfonamides is 1. The van der Waals surface area contributed by atoms with Crippen LogP contribution in [-0.4, -0.2) is 33.2 Å². The number of hydrogen-bond acceptors (Lipinski definition) is 4. The zero-order chi connectivity index (χ0) is 15.5. The van der Waals surface area contributed by atoms with Crippen LogP contribution < -0.4 is 15.4 Å². The Bertz CT molecular complexity index is 628. The Labute approximate surface area is 137 Å². The van der Waals surface area contributed by atoms with E-state index in [1.807, 2.05) is 6.92 Å². The molecule has 1 amide bonds. The van der Waals surface area contributed by atoms with Crippen LogP contribution in [0.1, 0.15) is 24.8 Å². The van der Waals surface area contributed by atoms with Crippen molar-refractivity contribution in [2.45, 2.75) is 32.2 Å². The second kappa shape index (κ2) is 7.80. The van der Waals surface area contributed by atoms with E-state index in [0.29, 0.717) is 17.8 Å². The molecule has 6 nitrogen and oxygen atoms in total. The minimum atomic E-state index is -3.34. The molecular formula is C14H22ClN3O3S. The highest BCUT2D eigenvalue weighted by Gasteiger charge is 2.17. The summed E-state index contributed by atoms with van der Waals surface area (Å²) in [4.78, 5) is 12.0. The Morgan fingerprint density at radius 1 is 1.41 bits per heavy atom. The lowest BCUT2D eigenvalue weighted by Crippen LogP contribution is -2.27. The van der Waals surface area contributed by atoms with Crippen molar-refractivity contribution in [3.63, 3.8) is 0 Å². The predicted molar refractivity (Wildman–Crippen MR) is 91.2 cm³/mol. The molecule has 1 unspecified atom stereocenters. The molecule has 8 heteroatoms. The SMILES string of the molecule is Cc1ccc(NC(=O)CC2CCCN2)cc1NS(C)(=O)=O.Cl. The molecule has 2 rings (SSSR count). The number of nitrogens with one attached hydrogen (secondary N) is 3. The summed E-state index contributed by atoms with van der Waals surface area (Å²) in [6.45, 7) is 2.77. The van der Waals surface area contributed by atoms with E-state index in [1.165, 1.54) is 0 Å². The van der Waals surface area contributed by atoms with Crippen LogP contribution in [0.4, 0.5) is 11.4 Å². The summed E-state index contributed by atoms with van der Waals surface area (Å²) in [5, 5.41) is 6.08. The summed E-state index contributed by atoms with van der Waals surface area (Å²) in [6, 6.07) is 5.42. The molecule has 3 N–H and O–H groups in total. The van der Waals surface area contributed by atoms with E-state index in [-0.39, 0.29) is 24.4 Å². The van der Waals surface area contributed by atoms with Gasteiger partial charge in [-0.1, -0.05) is 6.07 Å². The van der Waals surface area contributed by atoms with Gasteiger partial charge >= 0.3 is 0 Å². The third-order valence-corrected chi connectivity index (χ3v) is 4.00. The molecule has 124 valence electrons. The van der Waals surface area contributed by atoms with Gasteiger partial charge in [0.25, 0.3) is 0 Å². The average Bonchev–Trinajstić information content (AvgIpc) is 2.84. The van der Waals surface area contributed by atoms with Crippen LogP contribution >= 0.6 is 12.4 Å². The van der Waals surface area contributed by atoms with E-state index in [4.69, 9.17) is 0 Å². The average molecular weight is 348 g/mol. The van der Waals surface area contributed by atoms with E-state index < -0.39 is 10.0 Å². The van der Waals surface area contributed by atoms with Gasteiger partial charge in [-0.15, -0.1) is 12.4 Å². The standard InChI is InChI=1S/C14H21N3O3S.ClH/c1-10-5-6-12(8-13(10)17-21(2,19)20)16-14(18)9-11-4-3-7-15-11;/h5-6,8,11,15,17H,3-4,7,9H2,1-2H3,(H,16,18);1H. The molecule has 1 aliphatic heterocycles. The van der Waals surface area contributed by atoms with Crippen LogP contribution in [0.3, 0.4) is 0 Å². The van der Waals surface area contributed by atoms with E-state index in [1.54, 1.807) is 18.2 Å². The number of carbonyl (C=O) groups is 1. The summed E-state index contributed by atoms with van der Waals surface area (Å²) in [5.74, 6) is -0.0661. The van der Waals surface area contributed by atoms with Crippen LogP contribution in [0, 0.1) is 6.92 Å². The van der Waals surface area contributed by atoms with E-state index >= 15 is 0 Å². The fourth-order valence-electron chi connectivity index (χ4n) is 2.38. The molecule has 1 aromatic rings. The van der Waals surface area contributed by atoms with Gasteiger partial charge in [-0.3, -0.25) is 9.52 Å². The second-order valence-electron chi connectivity index (χ2n) is 5.45. The molecule has 1 aromatic carbocycles. The molecular weight excluding hydrogens is 326 g/mol. The van der Waals surface area contributed by atoms with E-state index in [2.05, 4.69) is 15.4 Å². The highest BCUT2D eigenvalue weighted by molar-refractivity contribution is 7.92. The Kier molecular flexibility index (Phi) is 6.65. The number of aryl methyl sites for hydroxylation is 1. The van der Waals surface area contributed by atoms with Crippen molar-refractivity contribution in [1.82, 2.24) is 5.32 Å². The maximum atomic E-state index is 12.0. The van der Waals surface area contributed by atoms with Gasteiger partial charge in [0.05, 0.1) is 11.9 Å². The van der Waals surface area contributed by atoms with Gasteiger partial charge < -0.3 is 10.6 Å². The second-order valence-corrected chi connectivity index (χ2v) is 7.20. The number of benzene rings is 1. The molecule has 0 aromatic heterocycles. The predicted octanol–water partition coefficient (Wildman–Crippen LogP) is 1.87. The first-order valence-corrected chi connectivity index (χ1v) is 8.84. The minimum Gasteiger partial charge on any atom is -0.326 e. The zero-order valence-electron chi connectivity index (χ0n) is 12.7. The highest BCUT2D eigenvalue weighted by Crippen LogP contribution is 2.21. The summed E-state index contributed by atoms with van der Waals surface area (Å²) < 4.78 is 25.1. The van der Waals surface area contributed by atoms with Crippen LogP contribution in [0.25, 0.3) is 0 Å². The van der Waals surface area contributed by atoms with Crippen molar-refractivity contribution in [3.8, 4) is 0 Å². The maximum Gasteiger partial charge on any atom is 0.229 e. The van der Waals surface area contributed by atoms with Crippen molar-refractivity contribution < 1.29 is 13.2 Å². The van der Waals surface area contributed by atoms with Gasteiger partial charge in [0.15, 0.2) is 0 Å². The third kappa shape index (κ3) is 5.82. The van der Waals surface area contributed by atoms with Gasteiger partial charge in [0.1, 0.15) is 0 Å². The van der Waals surface area contributed by atoms with Crippen molar-refractivity contribution in [3.05, 3.63) is 23.8 Å². The first kappa shape index (κ1) is 18.7. The van der Waals surface area contributed by atoms with Gasteiger partial charge in [0.2, 0.25) is 15.9 Å². The fourth-order valence-corrected chi connectivity index (χ4v) is 3.00.